The van der Waals surface area contributed by atoms with Gasteiger partial charge in [-0.05, 0) is 50.3 Å². The molecule has 17 heavy (non-hydrogen) atoms. The highest BCUT2D eigenvalue weighted by molar-refractivity contribution is 5.70. The Hall–Kier alpha value is -1.31. The van der Waals surface area contributed by atoms with Gasteiger partial charge in [-0.15, -0.1) is 0 Å². The molecule has 2 rings (SSSR count). The molecule has 1 aliphatic carbocycles. The molecule has 2 heteroatoms. The van der Waals surface area contributed by atoms with Crippen LogP contribution in [0.25, 0.3) is 0 Å². The van der Waals surface area contributed by atoms with E-state index in [-0.39, 0.29) is 11.8 Å². The van der Waals surface area contributed by atoms with Gasteiger partial charge in [-0.1, -0.05) is 24.1 Å². The van der Waals surface area contributed by atoms with E-state index in [0.717, 1.165) is 19.3 Å². The first-order chi connectivity index (χ1) is 7.94. The number of aryl methyl sites for hydroxylation is 3. The van der Waals surface area contributed by atoms with Crippen LogP contribution in [0.2, 0.25) is 0 Å². The second-order valence-electron chi connectivity index (χ2n) is 5.48. The molecule has 1 aliphatic rings. The maximum Gasteiger partial charge on any atom is 0.304 e. The van der Waals surface area contributed by atoms with Gasteiger partial charge >= 0.3 is 5.97 Å². The number of carboxylic acid groups (broad SMARTS) is 1. The summed E-state index contributed by atoms with van der Waals surface area (Å²) in [6, 6.07) is 4.34. The van der Waals surface area contributed by atoms with Gasteiger partial charge in [0.05, 0.1) is 6.42 Å². The molecule has 1 saturated carbocycles. The highest BCUT2D eigenvalue weighted by Gasteiger charge is 2.42. The molecule has 0 aromatic heterocycles. The number of benzene rings is 1. The van der Waals surface area contributed by atoms with Crippen LogP contribution in [0.1, 0.15) is 47.9 Å². The van der Waals surface area contributed by atoms with Crippen LogP contribution in [-0.4, -0.2) is 11.1 Å². The highest BCUT2D eigenvalue weighted by atomic mass is 16.4. The summed E-state index contributed by atoms with van der Waals surface area (Å²) in [4.78, 5) is 11.1. The van der Waals surface area contributed by atoms with Crippen LogP contribution in [-0.2, 0) is 10.2 Å². The lowest BCUT2D eigenvalue weighted by Gasteiger charge is -2.43. The first kappa shape index (κ1) is 12.2. The Labute approximate surface area is 103 Å². The molecular weight excluding hydrogens is 212 g/mol. The van der Waals surface area contributed by atoms with E-state index >= 15 is 0 Å². The van der Waals surface area contributed by atoms with Crippen LogP contribution in [0.5, 0.6) is 0 Å². The lowest BCUT2D eigenvalue weighted by atomic mass is 9.60. The number of rotatable bonds is 3. The Morgan fingerprint density at radius 3 is 2.12 bits per heavy atom. The molecule has 0 unspecified atom stereocenters. The molecule has 1 aromatic carbocycles. The van der Waals surface area contributed by atoms with E-state index in [4.69, 9.17) is 5.11 Å². The summed E-state index contributed by atoms with van der Waals surface area (Å²) in [6.07, 6.45) is 3.46. The predicted molar refractivity (Wildman–Crippen MR) is 68.4 cm³/mol. The van der Waals surface area contributed by atoms with Gasteiger partial charge in [-0.2, -0.15) is 0 Å². The maximum absolute atomic E-state index is 11.1. The SMILES string of the molecule is Cc1cc(C)c(C2(CC(=O)O)CCC2)c(C)c1. The Balaban J connectivity index is 2.47. The minimum Gasteiger partial charge on any atom is -0.481 e. The van der Waals surface area contributed by atoms with Crippen LogP contribution in [0.4, 0.5) is 0 Å². The summed E-state index contributed by atoms with van der Waals surface area (Å²) in [6.45, 7) is 6.31. The molecule has 0 atom stereocenters. The van der Waals surface area contributed by atoms with Crippen LogP contribution in [0.15, 0.2) is 12.1 Å². The molecule has 0 saturated heterocycles. The Kier molecular flexibility index (Phi) is 2.98. The fourth-order valence-corrected chi connectivity index (χ4v) is 3.42. The molecule has 0 spiro atoms. The van der Waals surface area contributed by atoms with Crippen molar-refractivity contribution in [3.8, 4) is 0 Å². The summed E-state index contributed by atoms with van der Waals surface area (Å²) >= 11 is 0. The van der Waals surface area contributed by atoms with E-state index in [1.54, 1.807) is 0 Å². The fourth-order valence-electron chi connectivity index (χ4n) is 3.42. The van der Waals surface area contributed by atoms with E-state index in [9.17, 15) is 4.79 Å². The quantitative estimate of drug-likeness (QED) is 0.866. The minimum atomic E-state index is -0.677. The third kappa shape index (κ3) is 2.08. The predicted octanol–water partition coefficient (Wildman–Crippen LogP) is 3.51. The van der Waals surface area contributed by atoms with Gasteiger partial charge in [0.25, 0.3) is 0 Å². The Morgan fingerprint density at radius 2 is 1.76 bits per heavy atom. The van der Waals surface area contributed by atoms with Gasteiger partial charge in [-0.25, -0.2) is 0 Å². The average Bonchev–Trinajstić information content (AvgIpc) is 2.11. The summed E-state index contributed by atoms with van der Waals surface area (Å²) in [5.74, 6) is -0.677. The van der Waals surface area contributed by atoms with Crippen LogP contribution in [0, 0.1) is 20.8 Å². The lowest BCUT2D eigenvalue weighted by Crippen LogP contribution is -2.38. The van der Waals surface area contributed by atoms with E-state index in [0.29, 0.717) is 0 Å². The zero-order valence-corrected chi connectivity index (χ0v) is 10.8. The van der Waals surface area contributed by atoms with E-state index in [1.807, 2.05) is 0 Å². The highest BCUT2D eigenvalue weighted by Crippen LogP contribution is 2.48. The minimum absolute atomic E-state index is 0.0896. The normalized spacial score (nSPS) is 17.6. The second kappa shape index (κ2) is 4.17. The zero-order valence-electron chi connectivity index (χ0n) is 10.8. The van der Waals surface area contributed by atoms with Crippen LogP contribution < -0.4 is 0 Å². The van der Waals surface area contributed by atoms with Crippen LogP contribution in [0.3, 0.4) is 0 Å². The second-order valence-corrected chi connectivity index (χ2v) is 5.48. The maximum atomic E-state index is 11.1. The van der Waals surface area contributed by atoms with E-state index in [2.05, 4.69) is 32.9 Å². The number of aliphatic carboxylic acids is 1. The van der Waals surface area contributed by atoms with Crippen molar-refractivity contribution in [3.63, 3.8) is 0 Å². The molecule has 2 nitrogen and oxygen atoms in total. The van der Waals surface area contributed by atoms with Crippen molar-refractivity contribution in [2.24, 2.45) is 0 Å². The van der Waals surface area contributed by atoms with Gasteiger partial charge in [-0.3, -0.25) is 4.79 Å². The third-order valence-electron chi connectivity index (χ3n) is 4.01. The standard InChI is InChI=1S/C15H20O2/c1-10-7-11(2)14(12(3)8-10)15(5-4-6-15)9-13(16)17/h7-8H,4-6,9H2,1-3H3,(H,16,17). The van der Waals surface area contributed by atoms with Crippen molar-refractivity contribution in [3.05, 3.63) is 34.4 Å². The van der Waals surface area contributed by atoms with Gasteiger partial charge in [0.2, 0.25) is 0 Å². The molecule has 0 radical (unpaired) electrons. The third-order valence-corrected chi connectivity index (χ3v) is 4.01. The number of carbonyl (C=O) groups is 1. The summed E-state index contributed by atoms with van der Waals surface area (Å²) in [7, 11) is 0. The number of carboxylic acids is 1. The largest absolute Gasteiger partial charge is 0.481 e. The van der Waals surface area contributed by atoms with Gasteiger partial charge < -0.3 is 5.11 Å². The Morgan fingerprint density at radius 1 is 1.24 bits per heavy atom. The van der Waals surface area contributed by atoms with Gasteiger partial charge in [0.15, 0.2) is 0 Å². The van der Waals surface area contributed by atoms with Crippen molar-refractivity contribution in [2.75, 3.05) is 0 Å². The van der Waals surface area contributed by atoms with Crippen LogP contribution >= 0.6 is 0 Å². The van der Waals surface area contributed by atoms with E-state index in [1.165, 1.54) is 22.3 Å². The van der Waals surface area contributed by atoms with Crippen molar-refractivity contribution in [2.45, 2.75) is 51.9 Å². The molecular formula is C15H20O2. The summed E-state index contributed by atoms with van der Waals surface area (Å²) in [5.41, 5.74) is 4.96. The monoisotopic (exact) mass is 232 g/mol. The molecule has 1 fully saturated rings. The smallest absolute Gasteiger partial charge is 0.304 e. The first-order valence-corrected chi connectivity index (χ1v) is 6.25. The topological polar surface area (TPSA) is 37.3 Å². The van der Waals surface area contributed by atoms with Crippen molar-refractivity contribution < 1.29 is 9.90 Å². The summed E-state index contributed by atoms with van der Waals surface area (Å²) in [5, 5.41) is 9.11. The molecule has 0 amide bonds. The van der Waals surface area contributed by atoms with E-state index < -0.39 is 5.97 Å². The molecule has 0 bridgehead atoms. The van der Waals surface area contributed by atoms with Crippen molar-refractivity contribution >= 4 is 5.97 Å². The average molecular weight is 232 g/mol. The lowest BCUT2D eigenvalue weighted by molar-refractivity contribution is -0.139. The molecule has 0 aliphatic heterocycles. The first-order valence-electron chi connectivity index (χ1n) is 6.25. The molecule has 92 valence electrons. The van der Waals surface area contributed by atoms with Gasteiger partial charge in [0, 0.05) is 5.41 Å². The zero-order chi connectivity index (χ0) is 12.6. The van der Waals surface area contributed by atoms with Gasteiger partial charge in [0.1, 0.15) is 0 Å². The summed E-state index contributed by atoms with van der Waals surface area (Å²) < 4.78 is 0. The number of hydrogen-bond donors (Lipinski definition) is 1. The molecule has 1 N–H and O–H groups in total. The number of hydrogen-bond acceptors (Lipinski definition) is 1. The van der Waals surface area contributed by atoms with Crippen molar-refractivity contribution in [1.82, 2.24) is 0 Å². The Bertz CT molecular complexity index is 433. The molecule has 0 heterocycles. The molecule has 1 aromatic rings. The van der Waals surface area contributed by atoms with Crippen molar-refractivity contribution in [1.29, 1.82) is 0 Å². The fraction of sp³-hybridized carbons (Fsp3) is 0.533.